The van der Waals surface area contributed by atoms with Crippen molar-refractivity contribution in [2.45, 2.75) is 69.6 Å². The third-order valence-corrected chi connectivity index (χ3v) is 9.14. The summed E-state index contributed by atoms with van der Waals surface area (Å²) in [6, 6.07) is 9.28. The zero-order chi connectivity index (χ0) is 12.4. The minimum Gasteiger partial charge on any atom is -0.0617 e. The molecule has 0 spiro atoms. The van der Waals surface area contributed by atoms with Gasteiger partial charge in [0.1, 0.15) is 0 Å². The minimum atomic E-state index is -0.308. The number of benzene rings is 1. The van der Waals surface area contributed by atoms with Crippen LogP contribution < -0.4 is 5.30 Å². The Morgan fingerprint density at radius 2 is 1.32 bits per heavy atom. The fourth-order valence-corrected chi connectivity index (χ4v) is 8.58. The minimum absolute atomic E-state index is 0. The first-order valence-electron chi connectivity index (χ1n) is 7.79. The van der Waals surface area contributed by atoms with Crippen LogP contribution in [0.15, 0.2) is 24.3 Å². The molecule has 1 aromatic rings. The fourth-order valence-electron chi connectivity index (χ4n) is 4.14. The predicted octanol–water partition coefficient (Wildman–Crippen LogP) is 4.72. The molecule has 0 aliphatic heterocycles. The Labute approximate surface area is 133 Å². The summed E-state index contributed by atoms with van der Waals surface area (Å²) in [5, 5.41) is 1.78. The van der Waals surface area contributed by atoms with Crippen LogP contribution in [0.1, 0.15) is 56.9 Å². The number of rotatable bonds is 3. The first kappa shape index (κ1) is 15.7. The third kappa shape index (κ3) is 3.50. The Bertz CT molecular complexity index is 376. The molecule has 0 saturated heterocycles. The molecular weight excluding hydrogens is 342 g/mol. The van der Waals surface area contributed by atoms with E-state index in [4.69, 9.17) is 0 Å². The van der Waals surface area contributed by atoms with Crippen LogP contribution in [-0.4, -0.2) is 11.3 Å². The van der Waals surface area contributed by atoms with Crippen molar-refractivity contribution in [3.8, 4) is 0 Å². The SMILES string of the molecule is Cc1ccccc1[PH+](C1CCCC1)C1CCCC1.[Pd]. The summed E-state index contributed by atoms with van der Waals surface area (Å²) in [5.41, 5.74) is 3.74. The Morgan fingerprint density at radius 1 is 0.842 bits per heavy atom. The molecule has 0 aromatic heterocycles. The standard InChI is InChI=1S/C17H25P.Pd/c1-14-8-2-7-13-17(14)18(15-9-3-4-10-15)16-11-5-6-12-16;/h2,7-8,13,15-16H,3-6,9-12H2,1H3;/p+1. The number of aryl methyl sites for hydroxylation is 1. The van der Waals surface area contributed by atoms with Gasteiger partial charge in [0.05, 0.1) is 16.6 Å². The van der Waals surface area contributed by atoms with E-state index >= 15 is 0 Å². The second-order valence-electron chi connectivity index (χ2n) is 6.23. The third-order valence-electron chi connectivity index (χ3n) is 5.05. The Balaban J connectivity index is 0.00000133. The molecule has 2 heteroatoms. The largest absolute Gasteiger partial charge is 0.0949 e. The van der Waals surface area contributed by atoms with Gasteiger partial charge in [-0.05, 0) is 69.9 Å². The van der Waals surface area contributed by atoms with Gasteiger partial charge in [0.25, 0.3) is 0 Å². The Kier molecular flexibility index (Phi) is 6.08. The zero-order valence-electron chi connectivity index (χ0n) is 11.9. The molecule has 0 nitrogen and oxygen atoms in total. The molecule has 0 N–H and O–H groups in total. The maximum absolute atomic E-state index is 2.46. The van der Waals surface area contributed by atoms with E-state index in [0.29, 0.717) is 0 Å². The fraction of sp³-hybridized carbons (Fsp3) is 0.647. The van der Waals surface area contributed by atoms with Crippen LogP contribution in [0.25, 0.3) is 0 Å². The molecule has 0 amide bonds. The van der Waals surface area contributed by atoms with Crippen LogP contribution in [0.5, 0.6) is 0 Å². The zero-order valence-corrected chi connectivity index (χ0v) is 14.5. The molecule has 3 rings (SSSR count). The van der Waals surface area contributed by atoms with E-state index in [1.54, 1.807) is 10.9 Å². The molecule has 1 aromatic carbocycles. The van der Waals surface area contributed by atoms with Gasteiger partial charge in [-0.1, -0.05) is 18.2 Å². The molecule has 2 aliphatic carbocycles. The summed E-state index contributed by atoms with van der Waals surface area (Å²) in [5.74, 6) is 0. The molecule has 0 heterocycles. The second-order valence-corrected chi connectivity index (χ2v) is 9.32. The average Bonchev–Trinajstić information content (AvgIpc) is 3.05. The van der Waals surface area contributed by atoms with Crippen LogP contribution in [0.3, 0.4) is 0 Å². The molecule has 2 saturated carbocycles. The van der Waals surface area contributed by atoms with Crippen LogP contribution in [0, 0.1) is 6.92 Å². The van der Waals surface area contributed by atoms with Crippen LogP contribution in [-0.2, 0) is 20.4 Å². The van der Waals surface area contributed by atoms with E-state index in [0.717, 1.165) is 11.3 Å². The van der Waals surface area contributed by atoms with E-state index in [1.807, 2.05) is 0 Å². The van der Waals surface area contributed by atoms with Gasteiger partial charge in [-0.3, -0.25) is 0 Å². The molecular formula is C17H26PPd+. The van der Waals surface area contributed by atoms with Crippen molar-refractivity contribution in [3.63, 3.8) is 0 Å². The quantitative estimate of drug-likeness (QED) is 0.536. The smallest absolute Gasteiger partial charge is 0.0617 e. The van der Waals surface area contributed by atoms with Crippen molar-refractivity contribution in [2.24, 2.45) is 0 Å². The first-order valence-corrected chi connectivity index (χ1v) is 9.44. The molecule has 108 valence electrons. The van der Waals surface area contributed by atoms with Crippen molar-refractivity contribution in [1.29, 1.82) is 0 Å². The van der Waals surface area contributed by atoms with E-state index in [1.165, 1.54) is 51.4 Å². The van der Waals surface area contributed by atoms with Crippen LogP contribution in [0.2, 0.25) is 0 Å². The molecule has 0 unspecified atom stereocenters. The van der Waals surface area contributed by atoms with E-state index in [-0.39, 0.29) is 28.3 Å². The van der Waals surface area contributed by atoms with Gasteiger partial charge in [0.15, 0.2) is 0 Å². The van der Waals surface area contributed by atoms with Crippen molar-refractivity contribution in [1.82, 2.24) is 0 Å². The van der Waals surface area contributed by atoms with Gasteiger partial charge in [-0.15, -0.1) is 0 Å². The first-order chi connectivity index (χ1) is 8.86. The van der Waals surface area contributed by atoms with Gasteiger partial charge in [-0.25, -0.2) is 0 Å². The van der Waals surface area contributed by atoms with Gasteiger partial charge in [0, 0.05) is 28.3 Å². The van der Waals surface area contributed by atoms with Crippen molar-refractivity contribution in [2.75, 3.05) is 0 Å². The maximum Gasteiger partial charge on any atom is 0.0949 e. The van der Waals surface area contributed by atoms with Gasteiger partial charge in [-0.2, -0.15) is 0 Å². The maximum atomic E-state index is 2.46. The number of hydrogen-bond donors (Lipinski definition) is 0. The van der Waals surface area contributed by atoms with Crippen LogP contribution >= 0.6 is 7.92 Å². The molecule has 0 radical (unpaired) electrons. The topological polar surface area (TPSA) is 0 Å². The van der Waals surface area contributed by atoms with Crippen LogP contribution in [0.4, 0.5) is 0 Å². The number of hydrogen-bond acceptors (Lipinski definition) is 0. The second kappa shape index (κ2) is 7.36. The molecule has 0 bridgehead atoms. The van der Waals surface area contributed by atoms with E-state index in [9.17, 15) is 0 Å². The normalized spacial score (nSPS) is 20.9. The van der Waals surface area contributed by atoms with E-state index in [2.05, 4.69) is 31.2 Å². The molecule has 0 atom stereocenters. The van der Waals surface area contributed by atoms with Gasteiger partial charge >= 0.3 is 0 Å². The Hall–Kier alpha value is 0.312. The summed E-state index contributed by atoms with van der Waals surface area (Å²) in [6.45, 7) is 2.34. The van der Waals surface area contributed by atoms with Gasteiger partial charge < -0.3 is 0 Å². The molecule has 2 aliphatic rings. The van der Waals surface area contributed by atoms with Gasteiger partial charge in [0.2, 0.25) is 0 Å². The Morgan fingerprint density at radius 3 is 1.79 bits per heavy atom. The van der Waals surface area contributed by atoms with E-state index < -0.39 is 0 Å². The summed E-state index contributed by atoms with van der Waals surface area (Å²) < 4.78 is 0. The monoisotopic (exact) mass is 367 g/mol. The average molecular weight is 368 g/mol. The van der Waals surface area contributed by atoms with Crippen molar-refractivity contribution in [3.05, 3.63) is 29.8 Å². The summed E-state index contributed by atoms with van der Waals surface area (Å²) in [7, 11) is -0.308. The molecule has 2 fully saturated rings. The summed E-state index contributed by atoms with van der Waals surface area (Å²) >= 11 is 0. The summed E-state index contributed by atoms with van der Waals surface area (Å²) in [6.07, 6.45) is 12.1. The molecule has 19 heavy (non-hydrogen) atoms. The predicted molar refractivity (Wildman–Crippen MR) is 83.6 cm³/mol. The van der Waals surface area contributed by atoms with Crippen molar-refractivity contribution < 1.29 is 20.4 Å². The summed E-state index contributed by atoms with van der Waals surface area (Å²) in [4.78, 5) is 0. The van der Waals surface area contributed by atoms with Crippen molar-refractivity contribution >= 4 is 13.2 Å².